The first-order chi connectivity index (χ1) is 23.0. The van der Waals surface area contributed by atoms with Crippen molar-refractivity contribution < 1.29 is 0 Å². The van der Waals surface area contributed by atoms with Crippen LogP contribution in [0.1, 0.15) is 49.9 Å². The van der Waals surface area contributed by atoms with Crippen molar-refractivity contribution in [1.29, 1.82) is 0 Å². The normalized spacial score (nSPS) is 16.9. The number of hydrogen-bond acceptors (Lipinski definition) is 1. The number of aryl methyl sites for hydroxylation is 1. The molecule has 0 saturated heterocycles. The lowest BCUT2D eigenvalue weighted by molar-refractivity contribution is 0.642. The summed E-state index contributed by atoms with van der Waals surface area (Å²) >= 11 is 0. The average molecular weight is 614 g/mol. The maximum Gasteiger partial charge on any atom is 0.0462 e. The van der Waals surface area contributed by atoms with Gasteiger partial charge in [0.25, 0.3) is 0 Å². The predicted octanol–water partition coefficient (Wildman–Crippen LogP) is 10.9. The Balaban J connectivity index is 0.00000294. The molecule has 0 radical (unpaired) electrons. The Hall–Kier alpha value is -5.62. The summed E-state index contributed by atoms with van der Waals surface area (Å²) in [5, 5.41) is 2.30. The Morgan fingerprint density at radius 1 is 0.702 bits per heavy atom. The second-order valence-corrected chi connectivity index (χ2v) is 10.5. The van der Waals surface area contributed by atoms with E-state index in [1.54, 1.807) is 12.2 Å². The first kappa shape index (κ1) is 35.9. The highest BCUT2D eigenvalue weighted by Gasteiger charge is 2.17. The number of hydrogen-bond donors (Lipinski definition) is 0. The average Bonchev–Trinajstić information content (AvgIpc) is 3.13. The van der Waals surface area contributed by atoms with E-state index in [2.05, 4.69) is 140 Å². The van der Waals surface area contributed by atoms with Gasteiger partial charge >= 0.3 is 0 Å². The molecular weight excluding hydrogens is 567 g/mol. The summed E-state index contributed by atoms with van der Waals surface area (Å²) in [5.74, 6) is 0. The largest absolute Gasteiger partial charge is 0.311 e. The SMILES string of the molecule is C=C/C=C(\C=C/C)N(C(=C)c1ccc(C2=c3\cccc\c3=C\C=C\C=C=C\C=C\2c2ccc(C)cc2)cc1)C(/C=C\C)=C/C=C.CC. The molecule has 0 N–H and O–H groups in total. The van der Waals surface area contributed by atoms with E-state index in [9.17, 15) is 0 Å². The molecule has 0 amide bonds. The first-order valence-electron chi connectivity index (χ1n) is 16.2. The molecule has 0 atom stereocenters. The topological polar surface area (TPSA) is 3.24 Å². The van der Waals surface area contributed by atoms with E-state index in [1.807, 2.05) is 70.2 Å². The Morgan fingerprint density at radius 2 is 1.30 bits per heavy atom. The molecule has 0 aliphatic heterocycles. The van der Waals surface area contributed by atoms with Gasteiger partial charge in [-0.1, -0.05) is 154 Å². The van der Waals surface area contributed by atoms with Crippen molar-refractivity contribution >= 4 is 22.9 Å². The van der Waals surface area contributed by atoms with Crippen molar-refractivity contribution in [1.82, 2.24) is 4.90 Å². The third-order valence-electron chi connectivity index (χ3n) is 7.33. The summed E-state index contributed by atoms with van der Waals surface area (Å²) in [6.45, 7) is 22.6. The molecule has 47 heavy (non-hydrogen) atoms. The summed E-state index contributed by atoms with van der Waals surface area (Å²) in [7, 11) is 0. The van der Waals surface area contributed by atoms with Crippen LogP contribution in [0.4, 0.5) is 0 Å². The van der Waals surface area contributed by atoms with Gasteiger partial charge in [0.1, 0.15) is 0 Å². The minimum absolute atomic E-state index is 0.840. The van der Waals surface area contributed by atoms with Gasteiger partial charge in [-0.05, 0) is 102 Å². The fraction of sp³-hybridized carbons (Fsp3) is 0.109. The van der Waals surface area contributed by atoms with E-state index in [-0.39, 0.29) is 0 Å². The zero-order valence-corrected chi connectivity index (χ0v) is 28.6. The molecule has 1 nitrogen and oxygen atoms in total. The molecule has 0 heterocycles. The maximum absolute atomic E-state index is 4.57. The van der Waals surface area contributed by atoms with Crippen molar-refractivity contribution in [3.05, 3.63) is 221 Å². The highest BCUT2D eigenvalue weighted by molar-refractivity contribution is 6.05. The van der Waals surface area contributed by atoms with Crippen molar-refractivity contribution in [2.24, 2.45) is 0 Å². The van der Waals surface area contributed by atoms with Crippen LogP contribution in [0.3, 0.4) is 0 Å². The van der Waals surface area contributed by atoms with E-state index in [0.717, 1.165) is 55.4 Å². The van der Waals surface area contributed by atoms with Crippen LogP contribution in [-0.2, 0) is 0 Å². The van der Waals surface area contributed by atoms with Crippen LogP contribution < -0.4 is 10.4 Å². The summed E-state index contributed by atoms with van der Waals surface area (Å²) in [6.07, 6.45) is 28.0. The molecule has 0 aromatic heterocycles. The fourth-order valence-corrected chi connectivity index (χ4v) is 5.25. The van der Waals surface area contributed by atoms with Crippen molar-refractivity contribution in [2.75, 3.05) is 0 Å². The number of allylic oxidation sites excluding steroid dienone is 13. The van der Waals surface area contributed by atoms with Crippen molar-refractivity contribution in [2.45, 2.75) is 34.6 Å². The van der Waals surface area contributed by atoms with Gasteiger partial charge in [-0.15, -0.1) is 5.73 Å². The monoisotopic (exact) mass is 613 g/mol. The molecule has 0 bridgehead atoms. The van der Waals surface area contributed by atoms with Gasteiger partial charge < -0.3 is 4.90 Å². The summed E-state index contributed by atoms with van der Waals surface area (Å²) in [5.41, 5.74) is 12.8. The zero-order valence-electron chi connectivity index (χ0n) is 28.6. The van der Waals surface area contributed by atoms with E-state index in [0.29, 0.717) is 0 Å². The Bertz CT molecular complexity index is 1890. The quantitative estimate of drug-likeness (QED) is 0.162. The highest BCUT2D eigenvalue weighted by Crippen LogP contribution is 2.33. The number of fused-ring (bicyclic) bond motifs is 1. The lowest BCUT2D eigenvalue weighted by Gasteiger charge is -2.29. The minimum atomic E-state index is 0.840. The molecule has 1 aliphatic carbocycles. The van der Waals surface area contributed by atoms with Gasteiger partial charge in [0.15, 0.2) is 0 Å². The molecule has 0 fully saturated rings. The zero-order chi connectivity index (χ0) is 34.0. The van der Waals surface area contributed by atoms with Crippen molar-refractivity contribution in [3.63, 3.8) is 0 Å². The van der Waals surface area contributed by atoms with Crippen LogP contribution in [0.25, 0.3) is 22.9 Å². The predicted molar refractivity (Wildman–Crippen MR) is 208 cm³/mol. The molecule has 3 aromatic rings. The number of nitrogens with zero attached hydrogens (tertiary/aromatic N) is 1. The van der Waals surface area contributed by atoms with Crippen LogP contribution in [0.5, 0.6) is 0 Å². The van der Waals surface area contributed by atoms with E-state index in [4.69, 9.17) is 0 Å². The second-order valence-electron chi connectivity index (χ2n) is 10.5. The third kappa shape index (κ3) is 9.44. The molecule has 3 aromatic carbocycles. The Labute approximate surface area is 283 Å². The van der Waals surface area contributed by atoms with E-state index < -0.39 is 0 Å². The lowest BCUT2D eigenvalue weighted by Crippen LogP contribution is -2.27. The smallest absolute Gasteiger partial charge is 0.0462 e. The summed E-state index contributed by atoms with van der Waals surface area (Å²) < 4.78 is 0. The molecule has 0 spiro atoms. The van der Waals surface area contributed by atoms with Crippen LogP contribution >= 0.6 is 0 Å². The van der Waals surface area contributed by atoms with Crippen LogP contribution in [0, 0.1) is 6.92 Å². The van der Waals surface area contributed by atoms with Gasteiger partial charge in [-0.3, -0.25) is 0 Å². The molecular formula is C46H47N. The number of rotatable bonds is 10. The lowest BCUT2D eigenvalue weighted by atomic mass is 9.88. The highest BCUT2D eigenvalue weighted by atomic mass is 15.2. The van der Waals surface area contributed by atoms with Crippen LogP contribution in [0.2, 0.25) is 0 Å². The van der Waals surface area contributed by atoms with Crippen molar-refractivity contribution in [3.8, 4) is 0 Å². The molecule has 236 valence electrons. The number of benzene rings is 3. The third-order valence-corrected chi connectivity index (χ3v) is 7.33. The molecule has 0 unspecified atom stereocenters. The van der Waals surface area contributed by atoms with E-state index in [1.165, 1.54) is 5.56 Å². The Morgan fingerprint density at radius 3 is 1.89 bits per heavy atom. The molecule has 0 saturated carbocycles. The van der Waals surface area contributed by atoms with Gasteiger partial charge in [0.2, 0.25) is 0 Å². The van der Waals surface area contributed by atoms with Crippen LogP contribution in [0.15, 0.2) is 189 Å². The summed E-state index contributed by atoms with van der Waals surface area (Å²) in [4.78, 5) is 2.13. The minimum Gasteiger partial charge on any atom is -0.311 e. The standard InChI is InChI=1S/C44H41N.C2H6/c1-7-18-40(19-8-2)45(41(20-9-3)21-10-4)35(6)36-30-32-39(33-31-36)44-42-25-17-16-23-37(42)22-14-12-11-13-15-24-43(44)38-28-26-34(5)27-29-38;1-2/h7-12,14-33H,1,3,6H2,2,4-5H3;1-2H3/b14-12+,19-8-,21-10-,37-22-,40-18+,41-20+,43-24+,44-42-;. The van der Waals surface area contributed by atoms with Crippen LogP contribution in [-0.4, -0.2) is 4.90 Å². The van der Waals surface area contributed by atoms with E-state index >= 15 is 0 Å². The summed E-state index contributed by atoms with van der Waals surface area (Å²) in [6, 6.07) is 26.0. The molecule has 4 rings (SSSR count). The maximum atomic E-state index is 4.57. The second kappa shape index (κ2) is 19.0. The van der Waals surface area contributed by atoms with Gasteiger partial charge in [0.05, 0.1) is 0 Å². The van der Waals surface area contributed by atoms with Gasteiger partial charge in [-0.25, -0.2) is 0 Å². The first-order valence-corrected chi connectivity index (χ1v) is 16.2. The molecule has 1 aliphatic rings. The Kier molecular flexibility index (Phi) is 14.5. The molecule has 1 heteroatoms. The van der Waals surface area contributed by atoms with Gasteiger partial charge in [0, 0.05) is 17.1 Å². The van der Waals surface area contributed by atoms with Gasteiger partial charge in [-0.2, -0.15) is 0 Å². The fourth-order valence-electron chi connectivity index (χ4n) is 5.25.